The molecule has 0 saturated carbocycles. The number of nitrogens with zero attached hydrogens (tertiary/aromatic N) is 3. The molecule has 1 aliphatic rings. The SMILES string of the molecule is Cc1ccc([N+](=O)[O-])cc1S(=O)(=O)N1CCC(C(=O)N(C)Cc2ccc(Cl)cc2)CC1. The number of sulfonamides is 1. The second-order valence-corrected chi connectivity index (χ2v) is 10.0. The lowest BCUT2D eigenvalue weighted by molar-refractivity contribution is -0.385. The molecule has 0 atom stereocenters. The molecule has 0 aliphatic carbocycles. The Labute approximate surface area is 186 Å². The van der Waals surface area contributed by atoms with Crippen LogP contribution in [0, 0.1) is 23.0 Å². The van der Waals surface area contributed by atoms with Crippen LogP contribution < -0.4 is 0 Å². The molecular weight excluding hydrogens is 442 g/mol. The van der Waals surface area contributed by atoms with Gasteiger partial charge in [-0.1, -0.05) is 29.8 Å². The first-order chi connectivity index (χ1) is 14.6. The molecule has 1 heterocycles. The van der Waals surface area contributed by atoms with Crippen LogP contribution in [0.1, 0.15) is 24.0 Å². The number of nitro groups is 1. The van der Waals surface area contributed by atoms with Crippen LogP contribution in [0.3, 0.4) is 0 Å². The number of carbonyl (C=O) groups excluding carboxylic acids is 1. The molecule has 0 bridgehead atoms. The Morgan fingerprint density at radius 1 is 1.19 bits per heavy atom. The monoisotopic (exact) mass is 465 g/mol. The lowest BCUT2D eigenvalue weighted by atomic mass is 9.96. The number of rotatable bonds is 6. The van der Waals surface area contributed by atoms with Gasteiger partial charge >= 0.3 is 0 Å². The van der Waals surface area contributed by atoms with Gasteiger partial charge < -0.3 is 4.90 Å². The average Bonchev–Trinajstić information content (AvgIpc) is 2.75. The van der Waals surface area contributed by atoms with Gasteiger partial charge in [0.15, 0.2) is 0 Å². The highest BCUT2D eigenvalue weighted by Crippen LogP contribution is 2.29. The fraction of sp³-hybridized carbons (Fsp3) is 0.381. The van der Waals surface area contributed by atoms with Crippen molar-refractivity contribution in [2.75, 3.05) is 20.1 Å². The van der Waals surface area contributed by atoms with Crippen LogP contribution in [0.5, 0.6) is 0 Å². The number of non-ortho nitro benzene ring substituents is 1. The van der Waals surface area contributed by atoms with Crippen LogP contribution in [0.15, 0.2) is 47.4 Å². The number of nitro benzene ring substituents is 1. The molecule has 31 heavy (non-hydrogen) atoms. The minimum Gasteiger partial charge on any atom is -0.341 e. The van der Waals surface area contributed by atoms with Crippen molar-refractivity contribution in [2.24, 2.45) is 5.92 Å². The molecule has 8 nitrogen and oxygen atoms in total. The third-order valence-corrected chi connectivity index (χ3v) is 7.81. The van der Waals surface area contributed by atoms with E-state index < -0.39 is 14.9 Å². The predicted molar refractivity (Wildman–Crippen MR) is 117 cm³/mol. The molecule has 0 N–H and O–H groups in total. The zero-order chi connectivity index (χ0) is 22.8. The summed E-state index contributed by atoms with van der Waals surface area (Å²) in [5.74, 6) is -0.298. The van der Waals surface area contributed by atoms with Crippen molar-refractivity contribution < 1.29 is 18.1 Å². The first-order valence-electron chi connectivity index (χ1n) is 9.84. The standard InChI is InChI=1S/C21H24ClN3O5S/c1-15-3-8-19(25(27)28)13-20(15)31(29,30)24-11-9-17(10-12-24)21(26)23(2)14-16-4-6-18(22)7-5-16/h3-8,13,17H,9-12,14H2,1-2H3. The quantitative estimate of drug-likeness (QED) is 0.479. The normalized spacial score (nSPS) is 15.6. The number of halogens is 1. The molecule has 166 valence electrons. The average molecular weight is 466 g/mol. The fourth-order valence-electron chi connectivity index (χ4n) is 3.72. The topological polar surface area (TPSA) is 101 Å². The molecule has 1 amide bonds. The summed E-state index contributed by atoms with van der Waals surface area (Å²) in [5.41, 5.74) is 1.14. The van der Waals surface area contributed by atoms with Crippen LogP contribution in [0.25, 0.3) is 0 Å². The van der Waals surface area contributed by atoms with Crippen molar-refractivity contribution in [3.63, 3.8) is 0 Å². The second kappa shape index (κ2) is 9.33. The van der Waals surface area contributed by atoms with E-state index in [4.69, 9.17) is 11.6 Å². The van der Waals surface area contributed by atoms with Crippen molar-refractivity contribution in [1.82, 2.24) is 9.21 Å². The molecule has 10 heteroatoms. The third-order valence-electron chi connectivity index (χ3n) is 5.51. The summed E-state index contributed by atoms with van der Waals surface area (Å²) in [5, 5.41) is 11.7. The summed E-state index contributed by atoms with van der Waals surface area (Å²) in [6.07, 6.45) is 0.800. The van der Waals surface area contributed by atoms with Crippen LogP contribution in [0.4, 0.5) is 5.69 Å². The van der Waals surface area contributed by atoms with Gasteiger partial charge in [-0.2, -0.15) is 4.31 Å². The zero-order valence-electron chi connectivity index (χ0n) is 17.3. The van der Waals surface area contributed by atoms with Gasteiger partial charge in [-0.25, -0.2) is 8.42 Å². The second-order valence-electron chi connectivity index (χ2n) is 7.71. The fourth-order valence-corrected chi connectivity index (χ4v) is 5.56. The number of hydrogen-bond acceptors (Lipinski definition) is 5. The van der Waals surface area contributed by atoms with Crippen LogP contribution in [-0.2, 0) is 21.4 Å². The molecule has 3 rings (SSSR count). The maximum absolute atomic E-state index is 13.1. The maximum atomic E-state index is 13.1. The van der Waals surface area contributed by atoms with Crippen molar-refractivity contribution in [2.45, 2.75) is 31.2 Å². The van der Waals surface area contributed by atoms with Gasteiger partial charge in [0.2, 0.25) is 15.9 Å². The Hall–Kier alpha value is -2.49. The number of amides is 1. The Balaban J connectivity index is 1.65. The summed E-state index contributed by atoms with van der Waals surface area (Å²) in [6.45, 7) is 2.44. The lowest BCUT2D eigenvalue weighted by Crippen LogP contribution is -2.43. The van der Waals surface area contributed by atoms with Crippen molar-refractivity contribution in [3.05, 3.63) is 68.7 Å². The molecule has 2 aromatic carbocycles. The summed E-state index contributed by atoms with van der Waals surface area (Å²) in [4.78, 5) is 24.8. The summed E-state index contributed by atoms with van der Waals surface area (Å²) in [6, 6.07) is 11.1. The van der Waals surface area contributed by atoms with Crippen molar-refractivity contribution in [1.29, 1.82) is 0 Å². The van der Waals surface area contributed by atoms with Gasteiger partial charge in [-0.05, 0) is 43.0 Å². The van der Waals surface area contributed by atoms with E-state index >= 15 is 0 Å². The molecule has 0 unspecified atom stereocenters. The van der Waals surface area contributed by atoms with E-state index in [1.807, 2.05) is 12.1 Å². The molecule has 1 saturated heterocycles. The van der Waals surface area contributed by atoms with Gasteiger partial charge in [-0.15, -0.1) is 0 Å². The highest BCUT2D eigenvalue weighted by molar-refractivity contribution is 7.89. The molecule has 0 spiro atoms. The minimum absolute atomic E-state index is 0.0291. The summed E-state index contributed by atoms with van der Waals surface area (Å²) < 4.78 is 27.4. The molecule has 0 aromatic heterocycles. The Morgan fingerprint density at radius 3 is 2.39 bits per heavy atom. The minimum atomic E-state index is -3.88. The van der Waals surface area contributed by atoms with Gasteiger partial charge in [0, 0.05) is 49.8 Å². The van der Waals surface area contributed by atoms with E-state index in [1.54, 1.807) is 31.0 Å². The molecule has 1 aliphatic heterocycles. The van der Waals surface area contributed by atoms with E-state index in [2.05, 4.69) is 0 Å². The number of carbonyl (C=O) groups is 1. The van der Waals surface area contributed by atoms with Gasteiger partial charge in [0.05, 0.1) is 9.82 Å². The number of piperidine rings is 1. The van der Waals surface area contributed by atoms with Crippen LogP contribution in [0.2, 0.25) is 5.02 Å². The van der Waals surface area contributed by atoms with Gasteiger partial charge in [-0.3, -0.25) is 14.9 Å². The molecule has 0 radical (unpaired) electrons. The number of hydrogen-bond donors (Lipinski definition) is 0. The van der Waals surface area contributed by atoms with Crippen LogP contribution in [-0.4, -0.2) is 48.6 Å². The number of benzene rings is 2. The van der Waals surface area contributed by atoms with Gasteiger partial charge in [0.25, 0.3) is 5.69 Å². The summed E-state index contributed by atoms with van der Waals surface area (Å²) >= 11 is 5.89. The highest BCUT2D eigenvalue weighted by Gasteiger charge is 2.34. The third kappa shape index (κ3) is 5.23. The molecule has 1 fully saturated rings. The predicted octanol–water partition coefficient (Wildman–Crippen LogP) is 3.62. The van der Waals surface area contributed by atoms with Gasteiger partial charge in [0.1, 0.15) is 0 Å². The number of aryl methyl sites for hydroxylation is 1. The van der Waals surface area contributed by atoms with Crippen molar-refractivity contribution >= 4 is 33.2 Å². The maximum Gasteiger partial charge on any atom is 0.270 e. The largest absolute Gasteiger partial charge is 0.341 e. The summed E-state index contributed by atoms with van der Waals surface area (Å²) in [7, 11) is -2.15. The Morgan fingerprint density at radius 2 is 1.81 bits per heavy atom. The molecular formula is C21H24ClN3O5S. The van der Waals surface area contributed by atoms with Crippen LogP contribution >= 0.6 is 11.6 Å². The zero-order valence-corrected chi connectivity index (χ0v) is 18.9. The Bertz CT molecular complexity index is 1080. The first-order valence-corrected chi connectivity index (χ1v) is 11.7. The Kier molecular flexibility index (Phi) is 6.98. The van der Waals surface area contributed by atoms with E-state index in [0.29, 0.717) is 30.0 Å². The molecule has 2 aromatic rings. The van der Waals surface area contributed by atoms with Crippen molar-refractivity contribution in [3.8, 4) is 0 Å². The van der Waals surface area contributed by atoms with E-state index in [9.17, 15) is 23.3 Å². The smallest absolute Gasteiger partial charge is 0.270 e. The lowest BCUT2D eigenvalue weighted by Gasteiger charge is -2.32. The highest BCUT2D eigenvalue weighted by atomic mass is 35.5. The van der Waals surface area contributed by atoms with E-state index in [-0.39, 0.29) is 35.5 Å². The first kappa shape index (κ1) is 23.2. The van der Waals surface area contributed by atoms with E-state index in [1.165, 1.54) is 16.4 Å². The van der Waals surface area contributed by atoms with E-state index in [0.717, 1.165) is 11.6 Å².